The summed E-state index contributed by atoms with van der Waals surface area (Å²) in [6, 6.07) is 6.12. The van der Waals surface area contributed by atoms with Crippen molar-refractivity contribution < 1.29 is 0 Å². The number of aryl methyl sites for hydroxylation is 1. The van der Waals surface area contributed by atoms with E-state index in [4.69, 9.17) is 5.73 Å². The molecular formula is C15H19N3. The van der Waals surface area contributed by atoms with Crippen LogP contribution in [0.15, 0.2) is 24.4 Å². The molecule has 3 rings (SSSR count). The molecule has 18 heavy (non-hydrogen) atoms. The molecule has 3 heteroatoms. The Bertz CT molecular complexity index is 563. The summed E-state index contributed by atoms with van der Waals surface area (Å²) in [5, 5.41) is 2.35. The maximum absolute atomic E-state index is 6.11. The van der Waals surface area contributed by atoms with Crippen LogP contribution in [0.3, 0.4) is 0 Å². The van der Waals surface area contributed by atoms with E-state index in [1.807, 2.05) is 18.3 Å². The third-order valence-electron chi connectivity index (χ3n) is 3.77. The summed E-state index contributed by atoms with van der Waals surface area (Å²) < 4.78 is 0. The number of aromatic nitrogens is 1. The van der Waals surface area contributed by atoms with Crippen molar-refractivity contribution in [1.82, 2.24) is 4.98 Å². The van der Waals surface area contributed by atoms with E-state index in [0.29, 0.717) is 0 Å². The zero-order valence-corrected chi connectivity index (χ0v) is 10.8. The average Bonchev–Trinajstić information content (AvgIpc) is 2.40. The second-order valence-electron chi connectivity index (χ2n) is 5.08. The lowest BCUT2D eigenvalue weighted by atomic mass is 10.0. The molecule has 1 aliphatic rings. The van der Waals surface area contributed by atoms with Crippen molar-refractivity contribution in [2.24, 2.45) is 0 Å². The monoisotopic (exact) mass is 241 g/mol. The number of benzene rings is 1. The molecule has 0 aliphatic carbocycles. The van der Waals surface area contributed by atoms with Gasteiger partial charge in [-0.15, -0.1) is 0 Å². The zero-order valence-electron chi connectivity index (χ0n) is 10.8. The molecule has 0 bridgehead atoms. The molecule has 2 N–H and O–H groups in total. The van der Waals surface area contributed by atoms with E-state index in [2.05, 4.69) is 22.9 Å². The first kappa shape index (κ1) is 11.3. The molecule has 3 nitrogen and oxygen atoms in total. The van der Waals surface area contributed by atoms with E-state index in [1.165, 1.54) is 24.6 Å². The van der Waals surface area contributed by atoms with Crippen LogP contribution < -0.4 is 10.6 Å². The molecular weight excluding hydrogens is 222 g/mol. The number of nitrogens with zero attached hydrogens (tertiary/aromatic N) is 2. The summed E-state index contributed by atoms with van der Waals surface area (Å²) in [5.74, 6) is 1.10. The zero-order chi connectivity index (χ0) is 12.5. The topological polar surface area (TPSA) is 42.2 Å². The fourth-order valence-corrected chi connectivity index (χ4v) is 2.85. The highest BCUT2D eigenvalue weighted by atomic mass is 15.2. The molecule has 1 fully saturated rings. The van der Waals surface area contributed by atoms with Crippen LogP contribution in [0.5, 0.6) is 0 Å². The summed E-state index contributed by atoms with van der Waals surface area (Å²) in [6.07, 6.45) is 5.81. The molecule has 0 amide bonds. The quantitative estimate of drug-likeness (QED) is 0.780. The van der Waals surface area contributed by atoms with Crippen LogP contribution in [-0.2, 0) is 0 Å². The van der Waals surface area contributed by atoms with Gasteiger partial charge >= 0.3 is 0 Å². The minimum Gasteiger partial charge on any atom is -0.398 e. The SMILES string of the molecule is Cc1cnc(N2CCCCC2)c2cccc(N)c12. The number of hydrogen-bond acceptors (Lipinski definition) is 3. The first-order valence-electron chi connectivity index (χ1n) is 6.66. The van der Waals surface area contributed by atoms with E-state index in [-0.39, 0.29) is 0 Å². The Labute approximate surface area is 108 Å². The van der Waals surface area contributed by atoms with Crippen molar-refractivity contribution >= 4 is 22.3 Å². The molecule has 2 heterocycles. The van der Waals surface area contributed by atoms with Crippen molar-refractivity contribution in [3.63, 3.8) is 0 Å². The molecule has 2 aromatic rings. The molecule has 1 aromatic heterocycles. The molecule has 1 aromatic carbocycles. The number of nitrogens with two attached hydrogens (primary N) is 1. The van der Waals surface area contributed by atoms with E-state index in [1.54, 1.807) is 0 Å². The van der Waals surface area contributed by atoms with Gasteiger partial charge in [-0.05, 0) is 37.8 Å². The van der Waals surface area contributed by atoms with E-state index >= 15 is 0 Å². The van der Waals surface area contributed by atoms with E-state index in [9.17, 15) is 0 Å². The Morgan fingerprint density at radius 2 is 1.94 bits per heavy atom. The molecule has 0 spiro atoms. The molecule has 0 radical (unpaired) electrons. The fraction of sp³-hybridized carbons (Fsp3) is 0.400. The van der Waals surface area contributed by atoms with Crippen LogP contribution in [0.4, 0.5) is 11.5 Å². The largest absolute Gasteiger partial charge is 0.398 e. The van der Waals surface area contributed by atoms with Gasteiger partial charge in [-0.25, -0.2) is 4.98 Å². The van der Waals surface area contributed by atoms with Gasteiger partial charge in [-0.3, -0.25) is 0 Å². The number of fused-ring (bicyclic) bond motifs is 1. The summed E-state index contributed by atoms with van der Waals surface area (Å²) in [7, 11) is 0. The van der Waals surface area contributed by atoms with Crippen molar-refractivity contribution in [1.29, 1.82) is 0 Å². The van der Waals surface area contributed by atoms with E-state index < -0.39 is 0 Å². The molecule has 94 valence electrons. The Morgan fingerprint density at radius 1 is 1.17 bits per heavy atom. The van der Waals surface area contributed by atoms with Gasteiger partial charge < -0.3 is 10.6 Å². The van der Waals surface area contributed by atoms with Crippen LogP contribution in [0.25, 0.3) is 10.8 Å². The van der Waals surface area contributed by atoms with Crippen LogP contribution in [0, 0.1) is 6.92 Å². The fourth-order valence-electron chi connectivity index (χ4n) is 2.85. The van der Waals surface area contributed by atoms with Gasteiger partial charge in [0.25, 0.3) is 0 Å². The molecule has 0 saturated carbocycles. The molecule has 0 unspecified atom stereocenters. The minimum atomic E-state index is 0.852. The summed E-state index contributed by atoms with van der Waals surface area (Å²) in [5.41, 5.74) is 8.12. The maximum Gasteiger partial charge on any atom is 0.136 e. The number of hydrogen-bond donors (Lipinski definition) is 1. The van der Waals surface area contributed by atoms with Crippen LogP contribution >= 0.6 is 0 Å². The third kappa shape index (κ3) is 1.80. The average molecular weight is 241 g/mol. The van der Waals surface area contributed by atoms with Gasteiger partial charge in [0.2, 0.25) is 0 Å². The van der Waals surface area contributed by atoms with Gasteiger partial charge in [-0.2, -0.15) is 0 Å². The summed E-state index contributed by atoms with van der Waals surface area (Å²) in [6.45, 7) is 4.30. The van der Waals surface area contributed by atoms with Crippen molar-refractivity contribution in [3.8, 4) is 0 Å². The maximum atomic E-state index is 6.11. The summed E-state index contributed by atoms with van der Waals surface area (Å²) >= 11 is 0. The Kier molecular flexibility index (Phi) is 2.82. The van der Waals surface area contributed by atoms with Gasteiger partial charge in [0.15, 0.2) is 0 Å². The molecule has 1 aliphatic heterocycles. The lowest BCUT2D eigenvalue weighted by Gasteiger charge is -2.29. The smallest absolute Gasteiger partial charge is 0.136 e. The summed E-state index contributed by atoms with van der Waals surface area (Å²) in [4.78, 5) is 7.04. The number of rotatable bonds is 1. The standard InChI is InChI=1S/C15H19N3/c1-11-10-17-15(18-8-3-2-4-9-18)12-6-5-7-13(16)14(11)12/h5-7,10H,2-4,8-9,16H2,1H3. The van der Waals surface area contributed by atoms with Crippen LogP contribution in [0.1, 0.15) is 24.8 Å². The lowest BCUT2D eigenvalue weighted by molar-refractivity contribution is 0.575. The van der Waals surface area contributed by atoms with Gasteiger partial charge in [0.1, 0.15) is 5.82 Å². The second kappa shape index (κ2) is 4.48. The van der Waals surface area contributed by atoms with Gasteiger partial charge in [-0.1, -0.05) is 12.1 Å². The Morgan fingerprint density at radius 3 is 2.72 bits per heavy atom. The van der Waals surface area contributed by atoms with Crippen LogP contribution in [-0.4, -0.2) is 18.1 Å². The molecule has 1 saturated heterocycles. The predicted molar refractivity (Wildman–Crippen MR) is 77.0 cm³/mol. The number of anilines is 2. The highest BCUT2D eigenvalue weighted by Crippen LogP contribution is 2.31. The lowest BCUT2D eigenvalue weighted by Crippen LogP contribution is -2.30. The minimum absolute atomic E-state index is 0.852. The number of nitrogen functional groups attached to an aromatic ring is 1. The highest BCUT2D eigenvalue weighted by molar-refractivity contribution is 6.01. The predicted octanol–water partition coefficient (Wildman–Crippen LogP) is 3.12. The molecule has 0 atom stereocenters. The Balaban J connectivity index is 2.18. The highest BCUT2D eigenvalue weighted by Gasteiger charge is 2.16. The number of piperidine rings is 1. The van der Waals surface area contributed by atoms with Crippen LogP contribution in [0.2, 0.25) is 0 Å². The van der Waals surface area contributed by atoms with Gasteiger partial charge in [0, 0.05) is 35.7 Å². The third-order valence-corrected chi connectivity index (χ3v) is 3.77. The first-order chi connectivity index (χ1) is 8.77. The van der Waals surface area contributed by atoms with Crippen molar-refractivity contribution in [2.75, 3.05) is 23.7 Å². The first-order valence-corrected chi connectivity index (χ1v) is 6.66. The second-order valence-corrected chi connectivity index (χ2v) is 5.08. The van der Waals surface area contributed by atoms with Crippen molar-refractivity contribution in [2.45, 2.75) is 26.2 Å². The van der Waals surface area contributed by atoms with E-state index in [0.717, 1.165) is 35.5 Å². The Hall–Kier alpha value is -1.77. The van der Waals surface area contributed by atoms with Gasteiger partial charge in [0.05, 0.1) is 0 Å². The number of pyridine rings is 1. The normalized spacial score (nSPS) is 16.2. The van der Waals surface area contributed by atoms with Crippen molar-refractivity contribution in [3.05, 3.63) is 30.0 Å².